The van der Waals surface area contributed by atoms with Gasteiger partial charge in [-0.05, 0) is 131 Å². The molecule has 0 N–H and O–H groups in total. The predicted octanol–water partition coefficient (Wildman–Crippen LogP) is 11.5. The number of rotatable bonds is 1. The van der Waals surface area contributed by atoms with Gasteiger partial charge in [0.25, 0.3) is 0 Å². The lowest BCUT2D eigenvalue weighted by Gasteiger charge is -2.03. The molecule has 0 aliphatic rings. The van der Waals surface area contributed by atoms with Gasteiger partial charge in [0, 0.05) is 15.1 Å². The van der Waals surface area contributed by atoms with Crippen LogP contribution in [0.4, 0.5) is 0 Å². The maximum Gasteiger partial charge on any atom is 0.122 e. The van der Waals surface area contributed by atoms with Crippen molar-refractivity contribution < 1.29 is 4.74 Å². The first-order chi connectivity index (χ1) is 17.7. The third-order valence-electron chi connectivity index (χ3n) is 5.99. The first kappa shape index (κ1) is 33.6. The summed E-state index contributed by atoms with van der Waals surface area (Å²) >= 11 is 17.5. The van der Waals surface area contributed by atoms with Crippen LogP contribution in [0.2, 0.25) is 15.1 Å². The zero-order valence-corrected chi connectivity index (χ0v) is 26.7. The number of hydrogen-bond acceptors (Lipinski definition) is 1. The lowest BCUT2D eigenvalue weighted by atomic mass is 10.1. The van der Waals surface area contributed by atoms with Gasteiger partial charge in [0.05, 0.1) is 7.11 Å². The number of hydrogen-bond donors (Lipinski definition) is 0. The minimum atomic E-state index is 0.780. The minimum Gasteiger partial charge on any atom is -0.496 e. The van der Waals surface area contributed by atoms with Crippen molar-refractivity contribution in [2.45, 2.75) is 62.3 Å². The van der Waals surface area contributed by atoms with Gasteiger partial charge in [-0.1, -0.05) is 82.8 Å². The molecule has 4 aromatic carbocycles. The summed E-state index contributed by atoms with van der Waals surface area (Å²) < 4.78 is 5.13. The Hall–Kier alpha value is -2.45. The topological polar surface area (TPSA) is 9.23 Å². The second-order valence-electron chi connectivity index (χ2n) is 9.66. The summed E-state index contributed by atoms with van der Waals surface area (Å²) in [6.45, 7) is 18.4. The molecule has 4 heteroatoms. The number of methoxy groups -OCH3 is 1. The summed E-state index contributed by atoms with van der Waals surface area (Å²) in [5, 5.41) is 2.42. The summed E-state index contributed by atoms with van der Waals surface area (Å²) in [6, 6.07) is 22.5. The van der Waals surface area contributed by atoms with Crippen molar-refractivity contribution in [2.75, 3.05) is 7.11 Å². The average Bonchev–Trinajstić information content (AvgIpc) is 2.86. The molecule has 0 saturated carbocycles. The number of benzene rings is 4. The summed E-state index contributed by atoms with van der Waals surface area (Å²) in [7, 11) is 1.70. The molecule has 0 amide bonds. The standard InChI is InChI=1S/C9H12O.C9H12.C8H8Cl2.C8H9Cl/c1-7-4-5-8(2)9(6-7)10-3;1-7-4-5-8(2)9(3)6-7;1-5-3-8(10)6(2)4-7(5)9;1-6-3-4-7(2)8(9)5-6/h4-6H,1-3H3;4-6H,1-3H3;3-4H,1-2H3;3-5H,1-2H3. The van der Waals surface area contributed by atoms with E-state index in [0.717, 1.165) is 37.5 Å². The first-order valence-electron chi connectivity index (χ1n) is 12.5. The molecule has 0 atom stereocenters. The highest BCUT2D eigenvalue weighted by molar-refractivity contribution is 6.34. The molecular formula is C34H41Cl3O. The van der Waals surface area contributed by atoms with Gasteiger partial charge >= 0.3 is 0 Å². The van der Waals surface area contributed by atoms with Crippen LogP contribution in [0.25, 0.3) is 0 Å². The molecule has 4 rings (SSSR count). The summed E-state index contributed by atoms with van der Waals surface area (Å²) in [4.78, 5) is 0. The fourth-order valence-electron chi connectivity index (χ4n) is 3.26. The Morgan fingerprint density at radius 3 is 1.16 bits per heavy atom. The van der Waals surface area contributed by atoms with E-state index in [2.05, 4.69) is 64.1 Å². The Balaban J connectivity index is 0.000000254. The molecular weight excluding hydrogens is 531 g/mol. The fraction of sp³-hybridized carbons (Fsp3) is 0.294. The Morgan fingerprint density at radius 2 is 0.789 bits per heavy atom. The van der Waals surface area contributed by atoms with E-state index >= 15 is 0 Å². The van der Waals surface area contributed by atoms with Crippen LogP contribution in [0.5, 0.6) is 5.75 Å². The monoisotopic (exact) mass is 570 g/mol. The van der Waals surface area contributed by atoms with Gasteiger partial charge in [-0.15, -0.1) is 0 Å². The Labute approximate surface area is 245 Å². The van der Waals surface area contributed by atoms with E-state index in [9.17, 15) is 0 Å². The van der Waals surface area contributed by atoms with Gasteiger partial charge in [-0.3, -0.25) is 0 Å². The maximum atomic E-state index is 5.83. The van der Waals surface area contributed by atoms with Crippen LogP contribution in [-0.2, 0) is 0 Å². The molecule has 0 saturated heterocycles. The lowest BCUT2D eigenvalue weighted by molar-refractivity contribution is 0.411. The summed E-state index contributed by atoms with van der Waals surface area (Å²) in [5.41, 5.74) is 10.9. The van der Waals surface area contributed by atoms with Crippen LogP contribution in [0.1, 0.15) is 50.1 Å². The minimum absolute atomic E-state index is 0.780. The van der Waals surface area contributed by atoms with E-state index in [4.69, 9.17) is 39.5 Å². The highest BCUT2D eigenvalue weighted by Gasteiger charge is 1.99. The molecule has 204 valence electrons. The van der Waals surface area contributed by atoms with E-state index in [1.807, 2.05) is 65.0 Å². The molecule has 0 aromatic heterocycles. The van der Waals surface area contributed by atoms with Gasteiger partial charge in [-0.25, -0.2) is 0 Å². The van der Waals surface area contributed by atoms with Gasteiger partial charge < -0.3 is 4.74 Å². The molecule has 0 fully saturated rings. The second-order valence-corrected chi connectivity index (χ2v) is 10.9. The second kappa shape index (κ2) is 16.5. The van der Waals surface area contributed by atoms with Crippen LogP contribution in [0.3, 0.4) is 0 Å². The van der Waals surface area contributed by atoms with Crippen LogP contribution in [0.15, 0.2) is 66.7 Å². The normalized spacial score (nSPS) is 9.71. The highest BCUT2D eigenvalue weighted by Crippen LogP contribution is 2.23. The van der Waals surface area contributed by atoms with Crippen molar-refractivity contribution in [3.8, 4) is 5.75 Å². The van der Waals surface area contributed by atoms with E-state index in [-0.39, 0.29) is 0 Å². The molecule has 0 radical (unpaired) electrons. The molecule has 0 aliphatic carbocycles. The largest absolute Gasteiger partial charge is 0.496 e. The maximum absolute atomic E-state index is 5.83. The average molecular weight is 572 g/mol. The van der Waals surface area contributed by atoms with E-state index in [1.54, 1.807) is 7.11 Å². The van der Waals surface area contributed by atoms with Gasteiger partial charge in [0.2, 0.25) is 0 Å². The number of ether oxygens (including phenoxy) is 1. The van der Waals surface area contributed by atoms with Crippen LogP contribution in [0, 0.1) is 62.3 Å². The molecule has 0 bridgehead atoms. The van der Waals surface area contributed by atoms with Crippen LogP contribution in [-0.4, -0.2) is 7.11 Å². The fourth-order valence-corrected chi connectivity index (χ4v) is 3.93. The zero-order valence-electron chi connectivity index (χ0n) is 24.4. The van der Waals surface area contributed by atoms with Crippen molar-refractivity contribution in [3.63, 3.8) is 0 Å². The van der Waals surface area contributed by atoms with E-state index in [0.29, 0.717) is 0 Å². The Morgan fingerprint density at radius 1 is 0.395 bits per heavy atom. The van der Waals surface area contributed by atoms with Crippen molar-refractivity contribution >= 4 is 34.8 Å². The van der Waals surface area contributed by atoms with Crippen LogP contribution < -0.4 is 4.74 Å². The quantitative estimate of drug-likeness (QED) is 0.221. The summed E-state index contributed by atoms with van der Waals surface area (Å²) in [5.74, 6) is 0.972. The van der Waals surface area contributed by atoms with Crippen molar-refractivity contribution in [3.05, 3.63) is 132 Å². The molecule has 0 aliphatic heterocycles. The van der Waals surface area contributed by atoms with Gasteiger partial charge in [0.1, 0.15) is 5.75 Å². The highest BCUT2D eigenvalue weighted by atomic mass is 35.5. The van der Waals surface area contributed by atoms with Crippen molar-refractivity contribution in [1.29, 1.82) is 0 Å². The van der Waals surface area contributed by atoms with Crippen LogP contribution >= 0.6 is 34.8 Å². The SMILES string of the molecule is COc1cc(C)ccc1C.Cc1cc(Cl)c(C)cc1Cl.Cc1ccc(C)c(C)c1.Cc1ccc(C)c(Cl)c1. The molecule has 0 spiro atoms. The Kier molecular flexibility index (Phi) is 14.6. The number of halogens is 3. The lowest BCUT2D eigenvalue weighted by Crippen LogP contribution is -1.86. The number of aryl methyl sites for hydroxylation is 9. The molecule has 0 unspecified atom stereocenters. The zero-order chi connectivity index (χ0) is 29.0. The van der Waals surface area contributed by atoms with Crippen molar-refractivity contribution in [2.24, 2.45) is 0 Å². The third-order valence-corrected chi connectivity index (χ3v) is 7.21. The predicted molar refractivity (Wildman–Crippen MR) is 170 cm³/mol. The summed E-state index contributed by atoms with van der Waals surface area (Å²) in [6.07, 6.45) is 0. The smallest absolute Gasteiger partial charge is 0.122 e. The van der Waals surface area contributed by atoms with E-state index < -0.39 is 0 Å². The molecule has 38 heavy (non-hydrogen) atoms. The van der Waals surface area contributed by atoms with Gasteiger partial charge in [0.15, 0.2) is 0 Å². The first-order valence-corrected chi connectivity index (χ1v) is 13.7. The molecule has 4 aromatic rings. The van der Waals surface area contributed by atoms with E-state index in [1.165, 1.54) is 33.4 Å². The van der Waals surface area contributed by atoms with Gasteiger partial charge in [-0.2, -0.15) is 0 Å². The molecule has 0 heterocycles. The van der Waals surface area contributed by atoms with Crippen molar-refractivity contribution in [1.82, 2.24) is 0 Å². The third kappa shape index (κ3) is 11.9. The Bertz CT molecular complexity index is 1230. The molecule has 1 nitrogen and oxygen atoms in total.